The van der Waals surface area contributed by atoms with E-state index in [9.17, 15) is 4.79 Å². The van der Waals surface area contributed by atoms with Crippen molar-refractivity contribution in [2.45, 2.75) is 51.4 Å². The average molecular weight is 347 g/mol. The second-order valence-electron chi connectivity index (χ2n) is 7.87. The van der Waals surface area contributed by atoms with E-state index >= 15 is 0 Å². The van der Waals surface area contributed by atoms with Crippen LogP contribution < -0.4 is 10.6 Å². The SMILES string of the molecule is CC(C)[C@@H]1CN2C[C@@H](NC(=O)c3cn4c(n3)CCNCC4)C[C@H]2CO1. The highest BCUT2D eigenvalue weighted by atomic mass is 16.5. The van der Waals surface area contributed by atoms with Crippen LogP contribution in [-0.2, 0) is 17.7 Å². The number of amides is 1. The molecule has 7 nitrogen and oxygen atoms in total. The molecule has 0 aliphatic carbocycles. The fraction of sp³-hybridized carbons (Fsp3) is 0.778. The second-order valence-corrected chi connectivity index (χ2v) is 7.87. The van der Waals surface area contributed by atoms with Gasteiger partial charge in [0.05, 0.1) is 12.7 Å². The average Bonchev–Trinajstić information content (AvgIpc) is 3.11. The fourth-order valence-electron chi connectivity index (χ4n) is 4.15. The van der Waals surface area contributed by atoms with Crippen molar-refractivity contribution in [2.75, 3.05) is 32.8 Å². The van der Waals surface area contributed by atoms with Crippen molar-refractivity contribution in [1.82, 2.24) is 25.1 Å². The lowest BCUT2D eigenvalue weighted by Gasteiger charge is -2.36. The largest absolute Gasteiger partial charge is 0.375 e. The molecule has 7 heteroatoms. The Labute approximate surface area is 149 Å². The fourth-order valence-corrected chi connectivity index (χ4v) is 4.15. The first kappa shape index (κ1) is 17.0. The number of ether oxygens (including phenoxy) is 1. The smallest absolute Gasteiger partial charge is 0.271 e. The molecular weight excluding hydrogens is 318 g/mol. The van der Waals surface area contributed by atoms with Crippen LogP contribution in [-0.4, -0.2) is 71.3 Å². The highest BCUT2D eigenvalue weighted by molar-refractivity contribution is 5.92. The van der Waals surface area contributed by atoms with E-state index in [2.05, 4.69) is 38.9 Å². The molecule has 1 aromatic heterocycles. The Bertz CT molecular complexity index is 605. The standard InChI is InChI=1S/C18H29N5O2/c1-12(2)16-10-23-8-13(7-14(23)11-25-16)20-18(24)15-9-22-6-5-19-4-3-17(22)21-15/h9,12-14,16,19H,3-8,10-11H2,1-2H3,(H,20,24)/t13-,14-,16-/m0/s1. The number of nitrogens with one attached hydrogen (secondary N) is 2. The first-order chi connectivity index (χ1) is 12.1. The number of nitrogens with zero attached hydrogens (tertiary/aromatic N) is 3. The minimum absolute atomic E-state index is 0.0419. The number of hydrogen-bond acceptors (Lipinski definition) is 5. The number of morpholine rings is 1. The summed E-state index contributed by atoms with van der Waals surface area (Å²) in [5, 5.41) is 6.54. The van der Waals surface area contributed by atoms with Gasteiger partial charge in [-0.1, -0.05) is 13.8 Å². The first-order valence-corrected chi connectivity index (χ1v) is 9.53. The van der Waals surface area contributed by atoms with Crippen LogP contribution in [0.4, 0.5) is 0 Å². The molecule has 0 aromatic carbocycles. The van der Waals surface area contributed by atoms with Crippen LogP contribution in [0.1, 0.15) is 36.6 Å². The minimum Gasteiger partial charge on any atom is -0.375 e. The van der Waals surface area contributed by atoms with Crippen molar-refractivity contribution in [2.24, 2.45) is 5.92 Å². The first-order valence-electron chi connectivity index (χ1n) is 9.53. The van der Waals surface area contributed by atoms with E-state index < -0.39 is 0 Å². The monoisotopic (exact) mass is 347 g/mol. The van der Waals surface area contributed by atoms with Crippen LogP contribution in [0, 0.1) is 5.92 Å². The summed E-state index contributed by atoms with van der Waals surface area (Å²) in [5.74, 6) is 1.50. The van der Waals surface area contributed by atoms with Crippen molar-refractivity contribution < 1.29 is 9.53 Å². The Morgan fingerprint density at radius 2 is 2.28 bits per heavy atom. The number of aromatic nitrogens is 2. The summed E-state index contributed by atoms with van der Waals surface area (Å²) < 4.78 is 8.09. The van der Waals surface area contributed by atoms with E-state index in [-0.39, 0.29) is 11.9 Å². The highest BCUT2D eigenvalue weighted by Gasteiger charge is 2.38. The number of rotatable bonds is 3. The third-order valence-electron chi connectivity index (χ3n) is 5.67. The van der Waals surface area contributed by atoms with Crippen LogP contribution in [0.15, 0.2) is 6.20 Å². The van der Waals surface area contributed by atoms with Crippen LogP contribution in [0.5, 0.6) is 0 Å². The number of fused-ring (bicyclic) bond motifs is 2. The summed E-state index contributed by atoms with van der Waals surface area (Å²) in [5.41, 5.74) is 0.554. The third-order valence-corrected chi connectivity index (χ3v) is 5.67. The molecule has 1 amide bonds. The van der Waals surface area contributed by atoms with Crippen molar-refractivity contribution in [3.8, 4) is 0 Å². The molecule has 0 bridgehead atoms. The zero-order valence-corrected chi connectivity index (χ0v) is 15.2. The molecule has 0 saturated carbocycles. The molecule has 3 atom stereocenters. The number of carbonyl (C=O) groups is 1. The van der Waals surface area contributed by atoms with Crippen molar-refractivity contribution in [1.29, 1.82) is 0 Å². The number of imidazole rings is 1. The summed E-state index contributed by atoms with van der Waals surface area (Å²) in [6.07, 6.45) is 4.05. The zero-order chi connectivity index (χ0) is 17.4. The minimum atomic E-state index is -0.0419. The molecule has 0 spiro atoms. The van der Waals surface area contributed by atoms with Gasteiger partial charge >= 0.3 is 0 Å². The van der Waals surface area contributed by atoms with Gasteiger partial charge in [-0.15, -0.1) is 0 Å². The Morgan fingerprint density at radius 1 is 1.40 bits per heavy atom. The maximum atomic E-state index is 12.6. The molecular formula is C18H29N5O2. The summed E-state index contributed by atoms with van der Waals surface area (Å²) in [7, 11) is 0. The van der Waals surface area contributed by atoms with Crippen LogP contribution >= 0.6 is 0 Å². The van der Waals surface area contributed by atoms with Gasteiger partial charge in [0.25, 0.3) is 5.91 Å². The predicted molar refractivity (Wildman–Crippen MR) is 94.6 cm³/mol. The van der Waals surface area contributed by atoms with Crippen LogP contribution in [0.25, 0.3) is 0 Å². The van der Waals surface area contributed by atoms with E-state index in [0.717, 1.165) is 58.0 Å². The predicted octanol–water partition coefficient (Wildman–Crippen LogP) is 0.256. The zero-order valence-electron chi connectivity index (χ0n) is 15.2. The van der Waals surface area contributed by atoms with E-state index in [1.165, 1.54) is 0 Å². The maximum Gasteiger partial charge on any atom is 0.271 e. The molecule has 3 aliphatic heterocycles. The summed E-state index contributed by atoms with van der Waals surface area (Å²) in [6, 6.07) is 0.625. The molecule has 0 unspecified atom stereocenters. The molecule has 2 saturated heterocycles. The molecule has 0 radical (unpaired) electrons. The molecule has 4 heterocycles. The molecule has 4 rings (SSSR count). The topological polar surface area (TPSA) is 71.4 Å². The van der Waals surface area contributed by atoms with Gasteiger partial charge in [-0.3, -0.25) is 9.69 Å². The highest BCUT2D eigenvalue weighted by Crippen LogP contribution is 2.26. The maximum absolute atomic E-state index is 12.6. The lowest BCUT2D eigenvalue weighted by atomic mass is 10.0. The Hall–Kier alpha value is -1.44. The van der Waals surface area contributed by atoms with Gasteiger partial charge in [-0.25, -0.2) is 4.98 Å². The molecule has 3 aliphatic rings. The van der Waals surface area contributed by atoms with E-state index in [1.807, 2.05) is 6.20 Å². The molecule has 2 fully saturated rings. The van der Waals surface area contributed by atoms with Gasteiger partial charge in [0.1, 0.15) is 11.5 Å². The normalized spacial score (nSPS) is 30.0. The van der Waals surface area contributed by atoms with Gasteiger partial charge in [-0.2, -0.15) is 0 Å². The van der Waals surface area contributed by atoms with Gasteiger partial charge in [0.2, 0.25) is 0 Å². The van der Waals surface area contributed by atoms with Crippen LogP contribution in [0.2, 0.25) is 0 Å². The molecule has 138 valence electrons. The molecule has 25 heavy (non-hydrogen) atoms. The van der Waals surface area contributed by atoms with E-state index in [1.54, 1.807) is 0 Å². The lowest BCUT2D eigenvalue weighted by molar-refractivity contribution is -0.0683. The van der Waals surface area contributed by atoms with Crippen LogP contribution in [0.3, 0.4) is 0 Å². The Kier molecular flexibility index (Phi) is 4.80. The van der Waals surface area contributed by atoms with Gasteiger partial charge < -0.3 is 19.9 Å². The summed E-state index contributed by atoms with van der Waals surface area (Å²) in [4.78, 5) is 19.7. The summed E-state index contributed by atoms with van der Waals surface area (Å²) in [6.45, 7) is 9.82. The Morgan fingerprint density at radius 3 is 3.12 bits per heavy atom. The second kappa shape index (κ2) is 7.05. The van der Waals surface area contributed by atoms with Gasteiger partial charge in [0, 0.05) is 57.4 Å². The van der Waals surface area contributed by atoms with Gasteiger partial charge in [-0.05, 0) is 12.3 Å². The van der Waals surface area contributed by atoms with E-state index in [4.69, 9.17) is 4.74 Å². The number of hydrogen-bond donors (Lipinski definition) is 2. The van der Waals surface area contributed by atoms with Crippen molar-refractivity contribution in [3.63, 3.8) is 0 Å². The Balaban J connectivity index is 1.36. The third kappa shape index (κ3) is 3.59. The molecule has 1 aromatic rings. The molecule has 2 N–H and O–H groups in total. The van der Waals surface area contributed by atoms with Gasteiger partial charge in [0.15, 0.2) is 0 Å². The van der Waals surface area contributed by atoms with E-state index in [0.29, 0.717) is 23.8 Å². The quantitative estimate of drug-likeness (QED) is 0.821. The number of carbonyl (C=O) groups excluding carboxylic acids is 1. The summed E-state index contributed by atoms with van der Waals surface area (Å²) >= 11 is 0. The van der Waals surface area contributed by atoms with Crippen molar-refractivity contribution in [3.05, 3.63) is 17.7 Å². The van der Waals surface area contributed by atoms with Crippen molar-refractivity contribution >= 4 is 5.91 Å². The lowest BCUT2D eigenvalue weighted by Crippen LogP contribution is -2.48.